The summed E-state index contributed by atoms with van der Waals surface area (Å²) in [5.74, 6) is 2.08. The van der Waals surface area contributed by atoms with Crippen LogP contribution in [0.1, 0.15) is 72.1 Å². The van der Waals surface area contributed by atoms with E-state index in [2.05, 4.69) is 31.2 Å². The maximum absolute atomic E-state index is 11.4. The largest absolute Gasteiger partial charge is 0.462 e. The molecule has 4 nitrogen and oxygen atoms in total. The van der Waals surface area contributed by atoms with Crippen molar-refractivity contribution in [2.45, 2.75) is 78.2 Å². The highest BCUT2D eigenvalue weighted by molar-refractivity contribution is 5.72. The first-order valence-electron chi connectivity index (χ1n) is 10.6. The van der Waals surface area contributed by atoms with Crippen molar-refractivity contribution < 1.29 is 14.7 Å². The average molecular weight is 372 g/mol. The summed E-state index contributed by atoms with van der Waals surface area (Å²) < 4.78 is 5.54. The maximum Gasteiger partial charge on any atom is 0.302 e. The summed E-state index contributed by atoms with van der Waals surface area (Å²) >= 11 is 0. The summed E-state index contributed by atoms with van der Waals surface area (Å²) in [4.78, 5) is 11.4. The number of fused-ring (bicyclic) bond motifs is 5. The van der Waals surface area contributed by atoms with Gasteiger partial charge < -0.3 is 9.94 Å². The highest BCUT2D eigenvalue weighted by atomic mass is 16.5. The molecule has 3 fully saturated rings. The van der Waals surface area contributed by atoms with Crippen LogP contribution in [0.25, 0.3) is 0 Å². The molecule has 0 aromatic heterocycles. The van der Waals surface area contributed by atoms with Crippen molar-refractivity contribution in [1.82, 2.24) is 0 Å². The summed E-state index contributed by atoms with van der Waals surface area (Å²) in [5, 5.41) is 12.0. The molecule has 0 amide bonds. The van der Waals surface area contributed by atoms with Gasteiger partial charge in [-0.1, -0.05) is 36.2 Å². The Morgan fingerprint density at radius 3 is 2.70 bits per heavy atom. The van der Waals surface area contributed by atoms with E-state index in [4.69, 9.17) is 9.94 Å². The van der Waals surface area contributed by atoms with Crippen molar-refractivity contribution in [3.05, 3.63) is 23.3 Å². The van der Waals surface area contributed by atoms with Gasteiger partial charge in [-0.25, -0.2) is 0 Å². The van der Waals surface area contributed by atoms with Crippen molar-refractivity contribution in [2.24, 2.45) is 33.7 Å². The number of rotatable bonds is 2. The zero-order chi connectivity index (χ0) is 19.2. The van der Waals surface area contributed by atoms with E-state index >= 15 is 0 Å². The van der Waals surface area contributed by atoms with E-state index in [0.29, 0.717) is 0 Å². The van der Waals surface area contributed by atoms with Gasteiger partial charge in [0.25, 0.3) is 0 Å². The van der Waals surface area contributed by atoms with Crippen molar-refractivity contribution >= 4 is 12.2 Å². The first kappa shape index (κ1) is 18.8. The minimum Gasteiger partial charge on any atom is -0.462 e. The monoisotopic (exact) mass is 371 g/mol. The fraction of sp³-hybridized carbons (Fsp3) is 0.739. The van der Waals surface area contributed by atoms with Gasteiger partial charge in [0.1, 0.15) is 6.10 Å². The molecule has 0 heterocycles. The van der Waals surface area contributed by atoms with Crippen LogP contribution in [0.2, 0.25) is 0 Å². The quantitative estimate of drug-likeness (QED) is 0.237. The van der Waals surface area contributed by atoms with E-state index in [1.165, 1.54) is 38.2 Å². The van der Waals surface area contributed by atoms with Crippen LogP contribution in [0.5, 0.6) is 0 Å². The summed E-state index contributed by atoms with van der Waals surface area (Å²) in [7, 11) is 0. The second kappa shape index (κ2) is 6.79. The van der Waals surface area contributed by atoms with Crippen LogP contribution in [0.3, 0.4) is 0 Å². The van der Waals surface area contributed by atoms with Crippen LogP contribution in [0.15, 0.2) is 28.5 Å². The lowest BCUT2D eigenvalue weighted by atomic mass is 9.48. The molecule has 0 radical (unpaired) electrons. The van der Waals surface area contributed by atoms with Gasteiger partial charge in [-0.15, -0.1) is 0 Å². The SMILES string of the molecule is CC(=O)O[C@H]1CC[C@@]2(C)C(=CC[C@@H]3[C@@H]2CC[C@]2(C)/C(=C/C=N/O)CC[C@@H]32)C1. The third-order valence-electron chi connectivity index (χ3n) is 8.58. The molecule has 4 aliphatic carbocycles. The molecular weight excluding hydrogens is 338 g/mol. The molecule has 27 heavy (non-hydrogen) atoms. The fourth-order valence-electron chi connectivity index (χ4n) is 7.21. The van der Waals surface area contributed by atoms with Gasteiger partial charge >= 0.3 is 5.97 Å². The third-order valence-corrected chi connectivity index (χ3v) is 8.58. The smallest absolute Gasteiger partial charge is 0.302 e. The van der Waals surface area contributed by atoms with Gasteiger partial charge in [0.15, 0.2) is 0 Å². The normalized spacial score (nSPS) is 45.1. The van der Waals surface area contributed by atoms with Gasteiger partial charge in [0.05, 0.1) is 6.21 Å². The minimum atomic E-state index is -0.150. The molecule has 0 saturated heterocycles. The summed E-state index contributed by atoms with van der Waals surface area (Å²) in [6, 6.07) is 0. The molecule has 4 heteroatoms. The number of carbonyl (C=O) groups is 1. The lowest BCUT2D eigenvalue weighted by Crippen LogP contribution is -2.49. The molecule has 0 bridgehead atoms. The lowest BCUT2D eigenvalue weighted by molar-refractivity contribution is -0.148. The second-order valence-electron chi connectivity index (χ2n) is 9.68. The number of hydrogen-bond donors (Lipinski definition) is 1. The van der Waals surface area contributed by atoms with E-state index in [0.717, 1.165) is 43.4 Å². The standard InChI is InChI=1S/C23H33NO3/c1-15(25)27-18-8-11-23(3)17(14-18)4-6-19-20-7-5-16(10-13-24-26)22(20,2)12-9-21(19)23/h4,10,13,18-21,26H,5-9,11-12,14H2,1-3H3/b16-10+,24-13+/t18-,19-,20-,21-,22+,23-/m0/s1. The molecule has 0 aromatic carbocycles. The van der Waals surface area contributed by atoms with E-state index in [-0.39, 0.29) is 22.9 Å². The van der Waals surface area contributed by atoms with Gasteiger partial charge in [0.2, 0.25) is 0 Å². The topological polar surface area (TPSA) is 58.9 Å². The van der Waals surface area contributed by atoms with Crippen LogP contribution in [0.4, 0.5) is 0 Å². The zero-order valence-electron chi connectivity index (χ0n) is 16.9. The maximum atomic E-state index is 11.4. The molecule has 0 spiro atoms. The Morgan fingerprint density at radius 1 is 1.22 bits per heavy atom. The first-order valence-corrected chi connectivity index (χ1v) is 10.6. The van der Waals surface area contributed by atoms with Crippen molar-refractivity contribution in [3.8, 4) is 0 Å². The van der Waals surface area contributed by atoms with Crippen LogP contribution in [-0.4, -0.2) is 23.5 Å². The fourth-order valence-corrected chi connectivity index (χ4v) is 7.21. The molecule has 0 aliphatic heterocycles. The second-order valence-corrected chi connectivity index (χ2v) is 9.68. The Bertz CT molecular complexity index is 708. The Kier molecular flexibility index (Phi) is 4.72. The number of nitrogens with zero attached hydrogens (tertiary/aromatic N) is 1. The number of hydrogen-bond acceptors (Lipinski definition) is 4. The van der Waals surface area contributed by atoms with Crippen LogP contribution < -0.4 is 0 Å². The number of carbonyl (C=O) groups excluding carboxylic acids is 1. The molecule has 0 aromatic rings. The van der Waals surface area contributed by atoms with E-state index < -0.39 is 0 Å². The highest BCUT2D eigenvalue weighted by Gasteiger charge is 2.57. The van der Waals surface area contributed by atoms with Crippen LogP contribution >= 0.6 is 0 Å². The van der Waals surface area contributed by atoms with Crippen molar-refractivity contribution in [1.29, 1.82) is 0 Å². The average Bonchev–Trinajstić information content (AvgIpc) is 2.96. The highest BCUT2D eigenvalue weighted by Crippen LogP contribution is 2.66. The Labute approximate surface area is 162 Å². The number of oxime groups is 1. The minimum absolute atomic E-state index is 0.0750. The van der Waals surface area contributed by atoms with Crippen molar-refractivity contribution in [2.75, 3.05) is 0 Å². The molecule has 4 aliphatic rings. The molecule has 1 N–H and O–H groups in total. The van der Waals surface area contributed by atoms with E-state index in [1.54, 1.807) is 11.8 Å². The molecule has 4 rings (SSSR count). The lowest BCUT2D eigenvalue weighted by Gasteiger charge is -2.57. The van der Waals surface area contributed by atoms with E-state index in [1.807, 2.05) is 0 Å². The molecular formula is C23H33NO3. The number of esters is 1. The molecule has 6 atom stereocenters. The van der Waals surface area contributed by atoms with Gasteiger partial charge in [0, 0.05) is 13.3 Å². The third kappa shape index (κ3) is 2.96. The summed E-state index contributed by atoms with van der Waals surface area (Å²) in [6.45, 7) is 6.44. The Hall–Kier alpha value is -1.58. The van der Waals surface area contributed by atoms with Crippen LogP contribution in [0, 0.1) is 28.6 Å². The first-order chi connectivity index (χ1) is 12.9. The van der Waals surface area contributed by atoms with Gasteiger partial charge in [-0.05, 0) is 79.6 Å². The Balaban J connectivity index is 1.58. The molecule has 148 valence electrons. The number of ether oxygens (including phenoxy) is 1. The van der Waals surface area contributed by atoms with Gasteiger partial charge in [-0.3, -0.25) is 4.79 Å². The Morgan fingerprint density at radius 2 is 1.96 bits per heavy atom. The number of allylic oxidation sites excluding steroid dienone is 3. The molecule has 0 unspecified atom stereocenters. The van der Waals surface area contributed by atoms with Crippen molar-refractivity contribution in [3.63, 3.8) is 0 Å². The van der Waals surface area contributed by atoms with Gasteiger partial charge in [-0.2, -0.15) is 0 Å². The summed E-state index contributed by atoms with van der Waals surface area (Å²) in [5.41, 5.74) is 3.56. The van der Waals surface area contributed by atoms with E-state index in [9.17, 15) is 4.79 Å². The molecule has 3 saturated carbocycles. The predicted octanol–water partition coefficient (Wildman–Crippen LogP) is 5.27. The van der Waals surface area contributed by atoms with Crippen LogP contribution in [-0.2, 0) is 9.53 Å². The zero-order valence-corrected chi connectivity index (χ0v) is 16.9. The summed E-state index contributed by atoms with van der Waals surface area (Å²) in [6.07, 6.45) is 15.3. The predicted molar refractivity (Wildman–Crippen MR) is 106 cm³/mol.